The molecule has 108 valence electrons. The van der Waals surface area contributed by atoms with E-state index in [1.54, 1.807) is 0 Å². The molecule has 0 radical (unpaired) electrons. The molecule has 0 amide bonds. The van der Waals surface area contributed by atoms with Gasteiger partial charge < -0.3 is 0 Å². The summed E-state index contributed by atoms with van der Waals surface area (Å²) in [5, 5.41) is 8.40. The number of nitrogens with zero attached hydrogens (tertiary/aromatic N) is 1. The van der Waals surface area contributed by atoms with Crippen LogP contribution >= 0.6 is 0 Å². The van der Waals surface area contributed by atoms with Crippen molar-refractivity contribution in [2.75, 3.05) is 13.1 Å². The summed E-state index contributed by atoms with van der Waals surface area (Å²) < 4.78 is 0. The predicted molar refractivity (Wildman–Crippen MR) is 94.7 cm³/mol. The summed E-state index contributed by atoms with van der Waals surface area (Å²) in [6, 6.07) is 20.4. The molecule has 4 aromatic rings. The monoisotopic (exact) mass is 285 g/mol. The molecular weight excluding hydrogens is 266 g/mol. The highest BCUT2D eigenvalue weighted by atomic mass is 15.1. The van der Waals surface area contributed by atoms with Crippen LogP contribution in [0, 0.1) is 0 Å². The third kappa shape index (κ3) is 1.75. The number of rotatable bonds is 2. The largest absolute Gasteiger partial charge is 0.299 e. The first-order chi connectivity index (χ1) is 10.9. The molecule has 0 unspecified atom stereocenters. The number of likely N-dealkylation sites (tertiary alicyclic amines) is 1. The van der Waals surface area contributed by atoms with Gasteiger partial charge in [0.1, 0.15) is 0 Å². The van der Waals surface area contributed by atoms with Gasteiger partial charge in [-0.25, -0.2) is 0 Å². The van der Waals surface area contributed by atoms with Crippen LogP contribution in [-0.4, -0.2) is 18.0 Å². The Morgan fingerprint density at radius 2 is 1.32 bits per heavy atom. The van der Waals surface area contributed by atoms with Crippen molar-refractivity contribution < 1.29 is 0 Å². The average molecular weight is 285 g/mol. The Kier molecular flexibility index (Phi) is 2.65. The predicted octanol–water partition coefficient (Wildman–Crippen LogP) is 5.18. The van der Waals surface area contributed by atoms with E-state index < -0.39 is 0 Å². The Bertz CT molecular complexity index is 948. The molecule has 0 bridgehead atoms. The topological polar surface area (TPSA) is 3.24 Å². The zero-order valence-corrected chi connectivity index (χ0v) is 12.7. The first-order valence-electron chi connectivity index (χ1n) is 8.28. The van der Waals surface area contributed by atoms with E-state index in [2.05, 4.69) is 59.5 Å². The first kappa shape index (κ1) is 12.4. The standard InChI is InChI=1S/C21H19N/c1-2-13-22(12-1)14-18-9-8-17-7-6-15-4-3-5-16-10-11-19(18)21(17)20(15)16/h3-11H,1-2,12-14H2. The van der Waals surface area contributed by atoms with Gasteiger partial charge in [0.15, 0.2) is 0 Å². The lowest BCUT2D eigenvalue weighted by Gasteiger charge is -2.18. The minimum Gasteiger partial charge on any atom is -0.299 e. The zero-order chi connectivity index (χ0) is 14.5. The molecule has 0 saturated carbocycles. The molecule has 1 heterocycles. The van der Waals surface area contributed by atoms with Crippen LogP contribution < -0.4 is 0 Å². The minimum atomic E-state index is 1.09. The van der Waals surface area contributed by atoms with Crippen LogP contribution in [0.2, 0.25) is 0 Å². The average Bonchev–Trinajstić information content (AvgIpc) is 3.07. The van der Waals surface area contributed by atoms with E-state index in [1.165, 1.54) is 63.8 Å². The highest BCUT2D eigenvalue weighted by molar-refractivity contribution is 6.23. The maximum Gasteiger partial charge on any atom is 0.0239 e. The summed E-state index contributed by atoms with van der Waals surface area (Å²) in [6.07, 6.45) is 2.71. The minimum absolute atomic E-state index is 1.09. The van der Waals surface area contributed by atoms with Gasteiger partial charge in [0.2, 0.25) is 0 Å². The molecule has 5 rings (SSSR count). The second kappa shape index (κ2) is 4.69. The van der Waals surface area contributed by atoms with Gasteiger partial charge in [0.25, 0.3) is 0 Å². The van der Waals surface area contributed by atoms with Crippen molar-refractivity contribution in [3.05, 3.63) is 60.2 Å². The van der Waals surface area contributed by atoms with Gasteiger partial charge in [-0.3, -0.25) is 4.90 Å². The molecule has 1 fully saturated rings. The van der Waals surface area contributed by atoms with E-state index in [0.29, 0.717) is 0 Å². The van der Waals surface area contributed by atoms with Crippen molar-refractivity contribution in [2.45, 2.75) is 19.4 Å². The van der Waals surface area contributed by atoms with Crippen LogP contribution in [0.25, 0.3) is 32.3 Å². The Labute approximate surface area is 130 Å². The second-order valence-electron chi connectivity index (χ2n) is 6.56. The van der Waals surface area contributed by atoms with E-state index in [1.807, 2.05) is 0 Å². The number of hydrogen-bond donors (Lipinski definition) is 0. The Balaban J connectivity index is 1.81. The van der Waals surface area contributed by atoms with Gasteiger partial charge in [-0.1, -0.05) is 54.6 Å². The van der Waals surface area contributed by atoms with Crippen LogP contribution in [0.3, 0.4) is 0 Å². The fourth-order valence-electron chi connectivity index (χ4n) is 4.12. The van der Waals surface area contributed by atoms with Crippen molar-refractivity contribution >= 4 is 32.3 Å². The number of benzene rings is 4. The molecule has 0 spiro atoms. The molecule has 1 saturated heterocycles. The van der Waals surface area contributed by atoms with E-state index in [-0.39, 0.29) is 0 Å². The molecule has 0 N–H and O–H groups in total. The van der Waals surface area contributed by atoms with Crippen LogP contribution in [-0.2, 0) is 6.54 Å². The Morgan fingerprint density at radius 3 is 2.09 bits per heavy atom. The first-order valence-corrected chi connectivity index (χ1v) is 8.28. The maximum absolute atomic E-state index is 2.59. The number of hydrogen-bond acceptors (Lipinski definition) is 1. The summed E-state index contributed by atoms with van der Waals surface area (Å²) in [6.45, 7) is 3.60. The molecule has 0 aliphatic carbocycles. The van der Waals surface area contributed by atoms with Crippen molar-refractivity contribution in [1.82, 2.24) is 4.90 Å². The van der Waals surface area contributed by atoms with Crippen LogP contribution in [0.15, 0.2) is 54.6 Å². The second-order valence-corrected chi connectivity index (χ2v) is 6.56. The van der Waals surface area contributed by atoms with Crippen molar-refractivity contribution in [3.8, 4) is 0 Å². The van der Waals surface area contributed by atoms with Crippen LogP contribution in [0.1, 0.15) is 18.4 Å². The van der Waals surface area contributed by atoms with Gasteiger partial charge in [-0.05, 0) is 63.8 Å². The van der Waals surface area contributed by atoms with Gasteiger partial charge in [0.05, 0.1) is 0 Å². The normalized spacial score (nSPS) is 16.4. The molecule has 1 heteroatoms. The quantitative estimate of drug-likeness (QED) is 0.459. The Hall–Kier alpha value is -2.12. The van der Waals surface area contributed by atoms with Gasteiger partial charge in [-0.2, -0.15) is 0 Å². The van der Waals surface area contributed by atoms with E-state index in [4.69, 9.17) is 0 Å². The SMILES string of the molecule is c1cc2ccc3ccc(CN4CCCC4)c4ccc(c1)c2c34. The molecule has 22 heavy (non-hydrogen) atoms. The molecular formula is C21H19N. The fraction of sp³-hybridized carbons (Fsp3) is 0.238. The van der Waals surface area contributed by atoms with E-state index >= 15 is 0 Å². The van der Waals surface area contributed by atoms with Crippen molar-refractivity contribution in [2.24, 2.45) is 0 Å². The maximum atomic E-state index is 2.59. The summed E-state index contributed by atoms with van der Waals surface area (Å²) >= 11 is 0. The summed E-state index contributed by atoms with van der Waals surface area (Å²) in [7, 11) is 0. The molecule has 1 nitrogen and oxygen atoms in total. The highest BCUT2D eigenvalue weighted by Gasteiger charge is 2.15. The lowest BCUT2D eigenvalue weighted by Crippen LogP contribution is -2.18. The van der Waals surface area contributed by atoms with Crippen LogP contribution in [0.5, 0.6) is 0 Å². The summed E-state index contributed by atoms with van der Waals surface area (Å²) in [4.78, 5) is 2.59. The lowest BCUT2D eigenvalue weighted by molar-refractivity contribution is 0.333. The van der Waals surface area contributed by atoms with E-state index in [9.17, 15) is 0 Å². The van der Waals surface area contributed by atoms with Crippen molar-refractivity contribution in [3.63, 3.8) is 0 Å². The molecule has 0 aromatic heterocycles. The zero-order valence-electron chi connectivity index (χ0n) is 12.7. The third-order valence-corrected chi connectivity index (χ3v) is 5.21. The molecule has 4 aromatic carbocycles. The van der Waals surface area contributed by atoms with Gasteiger partial charge in [-0.15, -0.1) is 0 Å². The fourth-order valence-corrected chi connectivity index (χ4v) is 4.12. The highest BCUT2D eigenvalue weighted by Crippen LogP contribution is 2.36. The molecule has 1 aliphatic heterocycles. The van der Waals surface area contributed by atoms with Crippen molar-refractivity contribution in [1.29, 1.82) is 0 Å². The third-order valence-electron chi connectivity index (χ3n) is 5.21. The molecule has 1 aliphatic rings. The van der Waals surface area contributed by atoms with Gasteiger partial charge >= 0.3 is 0 Å². The van der Waals surface area contributed by atoms with Crippen LogP contribution in [0.4, 0.5) is 0 Å². The van der Waals surface area contributed by atoms with Gasteiger partial charge in [0, 0.05) is 6.54 Å². The van der Waals surface area contributed by atoms with E-state index in [0.717, 1.165) is 6.54 Å². The Morgan fingerprint density at radius 1 is 0.682 bits per heavy atom. The lowest BCUT2D eigenvalue weighted by atomic mass is 9.92. The smallest absolute Gasteiger partial charge is 0.0239 e. The molecule has 0 atom stereocenters. The summed E-state index contributed by atoms with van der Waals surface area (Å²) in [5.41, 5.74) is 1.48. The summed E-state index contributed by atoms with van der Waals surface area (Å²) in [5.74, 6) is 0.